The molecule has 5 rings (SSSR count). The third-order valence-electron chi connectivity index (χ3n) is 7.50. The van der Waals surface area contributed by atoms with E-state index in [1.54, 1.807) is 18.4 Å². The number of carbonyl (C=O) groups is 1. The summed E-state index contributed by atoms with van der Waals surface area (Å²) in [5, 5.41) is 0. The number of rotatable bonds is 7. The molecule has 0 spiro atoms. The lowest BCUT2D eigenvalue weighted by Crippen LogP contribution is -2.39. The molecule has 7 nitrogen and oxygen atoms in total. The Morgan fingerprint density at radius 1 is 1.05 bits per heavy atom. The monoisotopic (exact) mass is 583 g/mol. The highest BCUT2D eigenvalue weighted by atomic mass is 32.1. The molecule has 4 aromatic rings. The second kappa shape index (κ2) is 11.6. The lowest BCUT2D eigenvalue weighted by Gasteiger charge is -2.25. The lowest BCUT2D eigenvalue weighted by molar-refractivity contribution is -0.139. The summed E-state index contributed by atoms with van der Waals surface area (Å²) in [4.78, 5) is 32.6. The van der Waals surface area contributed by atoms with Crippen LogP contribution in [0, 0.1) is 27.7 Å². The smallest absolute Gasteiger partial charge is 0.338 e. The van der Waals surface area contributed by atoms with Gasteiger partial charge >= 0.3 is 5.97 Å². The van der Waals surface area contributed by atoms with E-state index in [1.165, 1.54) is 22.5 Å². The maximum atomic E-state index is 14.1. The zero-order valence-electron chi connectivity index (χ0n) is 25.4. The van der Waals surface area contributed by atoms with Crippen molar-refractivity contribution in [3.63, 3.8) is 0 Å². The lowest BCUT2D eigenvalue weighted by atomic mass is 9.96. The standard InChI is InChI=1S/C34H37N3O4S/c1-9-40-33(39)29-23(7)35-34-37(31(29)25-13-15-27(16-14-25)41-19(2)3)32(38)28(42-34)18-26-17-22(6)36(24(26)8)30-20(4)11-10-12-21(30)5/h10-19,31H,9H2,1-8H3/b28-18-/t31-/m1/s1. The van der Waals surface area contributed by atoms with Crippen LogP contribution in [0.15, 0.2) is 69.6 Å². The van der Waals surface area contributed by atoms with Gasteiger partial charge in [0.15, 0.2) is 4.80 Å². The summed E-state index contributed by atoms with van der Waals surface area (Å²) in [6.07, 6.45) is 1.97. The second-order valence-corrected chi connectivity index (χ2v) is 11.9. The van der Waals surface area contributed by atoms with Crippen LogP contribution in [0.5, 0.6) is 5.75 Å². The van der Waals surface area contributed by atoms with E-state index in [4.69, 9.17) is 14.5 Å². The number of hydrogen-bond donors (Lipinski definition) is 0. The first kappa shape index (κ1) is 29.3. The Labute approximate surface area is 250 Å². The number of benzene rings is 2. The highest BCUT2D eigenvalue weighted by Gasteiger charge is 2.33. The molecule has 0 fully saturated rings. The Bertz CT molecular complexity index is 1870. The number of thiazole rings is 1. The van der Waals surface area contributed by atoms with Crippen LogP contribution in [-0.4, -0.2) is 27.8 Å². The van der Waals surface area contributed by atoms with Crippen molar-refractivity contribution in [3.8, 4) is 11.4 Å². The van der Waals surface area contributed by atoms with E-state index in [2.05, 4.69) is 56.5 Å². The third kappa shape index (κ3) is 5.27. The van der Waals surface area contributed by atoms with Gasteiger partial charge in [0, 0.05) is 11.4 Å². The fourth-order valence-corrected chi connectivity index (χ4v) is 6.72. The van der Waals surface area contributed by atoms with Crippen molar-refractivity contribution >= 4 is 23.4 Å². The average molecular weight is 584 g/mol. The second-order valence-electron chi connectivity index (χ2n) is 10.9. The largest absolute Gasteiger partial charge is 0.491 e. The van der Waals surface area contributed by atoms with Crippen molar-refractivity contribution in [2.75, 3.05) is 6.61 Å². The number of fused-ring (bicyclic) bond motifs is 1. The van der Waals surface area contributed by atoms with Gasteiger partial charge in [0.05, 0.1) is 40.2 Å². The number of aryl methyl sites for hydroxylation is 3. The normalized spacial score (nSPS) is 15.2. The van der Waals surface area contributed by atoms with Gasteiger partial charge in [0.2, 0.25) is 0 Å². The number of aromatic nitrogens is 2. The van der Waals surface area contributed by atoms with Gasteiger partial charge in [-0.15, -0.1) is 0 Å². The van der Waals surface area contributed by atoms with E-state index >= 15 is 0 Å². The van der Waals surface area contributed by atoms with Gasteiger partial charge in [0.25, 0.3) is 5.56 Å². The van der Waals surface area contributed by atoms with Gasteiger partial charge in [-0.3, -0.25) is 9.36 Å². The minimum Gasteiger partial charge on any atom is -0.491 e. The minimum atomic E-state index is -0.669. The average Bonchev–Trinajstić information content (AvgIpc) is 3.38. The van der Waals surface area contributed by atoms with Crippen LogP contribution in [-0.2, 0) is 9.53 Å². The molecular formula is C34H37N3O4S. The molecule has 1 aliphatic rings. The summed E-state index contributed by atoms with van der Waals surface area (Å²) in [6.45, 7) is 16.1. The van der Waals surface area contributed by atoms with Gasteiger partial charge in [-0.1, -0.05) is 41.7 Å². The molecule has 0 aliphatic carbocycles. The van der Waals surface area contributed by atoms with Gasteiger partial charge in [-0.25, -0.2) is 9.79 Å². The fourth-order valence-electron chi connectivity index (χ4n) is 5.69. The number of ether oxygens (including phenoxy) is 2. The molecule has 3 heterocycles. The van der Waals surface area contributed by atoms with Crippen LogP contribution >= 0.6 is 11.3 Å². The van der Waals surface area contributed by atoms with Crippen molar-refractivity contribution in [1.82, 2.24) is 9.13 Å². The first-order valence-corrected chi connectivity index (χ1v) is 15.0. The Morgan fingerprint density at radius 2 is 1.71 bits per heavy atom. The molecule has 0 N–H and O–H groups in total. The van der Waals surface area contributed by atoms with E-state index in [0.29, 0.717) is 20.6 Å². The molecule has 218 valence electrons. The SMILES string of the molecule is CCOC(=O)C1=C(C)N=c2s/c(=C\c3cc(C)n(-c4c(C)cccc4C)c3C)c(=O)n2[C@@H]1c1ccc(OC(C)C)cc1. The first-order chi connectivity index (χ1) is 20.0. The number of para-hydroxylation sites is 1. The number of allylic oxidation sites excluding steroid dienone is 1. The van der Waals surface area contributed by atoms with E-state index < -0.39 is 12.0 Å². The molecule has 0 saturated carbocycles. The van der Waals surface area contributed by atoms with Crippen LogP contribution in [0.2, 0.25) is 0 Å². The third-order valence-corrected chi connectivity index (χ3v) is 8.49. The van der Waals surface area contributed by atoms with E-state index in [-0.39, 0.29) is 18.3 Å². The molecule has 2 aromatic carbocycles. The van der Waals surface area contributed by atoms with Gasteiger partial charge in [-0.05, 0) is 102 Å². The Morgan fingerprint density at radius 3 is 2.33 bits per heavy atom. The van der Waals surface area contributed by atoms with Gasteiger partial charge in [-0.2, -0.15) is 0 Å². The van der Waals surface area contributed by atoms with Crippen LogP contribution < -0.4 is 19.6 Å². The van der Waals surface area contributed by atoms with E-state index in [1.807, 2.05) is 44.2 Å². The highest BCUT2D eigenvalue weighted by molar-refractivity contribution is 7.07. The predicted octanol–water partition coefficient (Wildman–Crippen LogP) is 5.61. The zero-order chi connectivity index (χ0) is 30.3. The molecule has 42 heavy (non-hydrogen) atoms. The molecule has 0 radical (unpaired) electrons. The van der Waals surface area contributed by atoms with Crippen LogP contribution in [0.25, 0.3) is 11.8 Å². The number of carbonyl (C=O) groups excluding carboxylic acids is 1. The molecule has 0 amide bonds. The van der Waals surface area contributed by atoms with Crippen molar-refractivity contribution in [1.29, 1.82) is 0 Å². The maximum absolute atomic E-state index is 14.1. The Hall–Kier alpha value is -4.17. The summed E-state index contributed by atoms with van der Waals surface area (Å²) < 4.78 is 15.7. The molecule has 0 unspecified atom stereocenters. The molecule has 0 bridgehead atoms. The summed E-state index contributed by atoms with van der Waals surface area (Å²) in [7, 11) is 0. The Balaban J connectivity index is 1.68. The molecule has 8 heteroatoms. The van der Waals surface area contributed by atoms with E-state index in [0.717, 1.165) is 34.0 Å². The number of nitrogens with zero attached hydrogens (tertiary/aromatic N) is 3. The van der Waals surface area contributed by atoms with Crippen molar-refractivity contribution < 1.29 is 14.3 Å². The summed E-state index contributed by atoms with van der Waals surface area (Å²) in [5.41, 5.74) is 8.14. The minimum absolute atomic E-state index is 0.0300. The molecule has 1 aliphatic heterocycles. The summed E-state index contributed by atoms with van der Waals surface area (Å²) in [6, 6.07) is 15.3. The molecule has 1 atom stereocenters. The van der Waals surface area contributed by atoms with Crippen LogP contribution in [0.3, 0.4) is 0 Å². The molecule has 0 saturated heterocycles. The van der Waals surface area contributed by atoms with Gasteiger partial charge in [0.1, 0.15) is 5.75 Å². The highest BCUT2D eigenvalue weighted by Crippen LogP contribution is 2.32. The van der Waals surface area contributed by atoms with Crippen LogP contribution in [0.4, 0.5) is 0 Å². The topological polar surface area (TPSA) is 74.8 Å². The zero-order valence-corrected chi connectivity index (χ0v) is 26.3. The van der Waals surface area contributed by atoms with Gasteiger partial charge < -0.3 is 14.0 Å². The summed E-state index contributed by atoms with van der Waals surface area (Å²) >= 11 is 1.33. The van der Waals surface area contributed by atoms with Crippen molar-refractivity contribution in [2.45, 2.75) is 67.5 Å². The first-order valence-electron chi connectivity index (χ1n) is 14.2. The predicted molar refractivity (Wildman–Crippen MR) is 167 cm³/mol. The Kier molecular flexibility index (Phi) is 8.10. The maximum Gasteiger partial charge on any atom is 0.338 e. The van der Waals surface area contributed by atoms with Crippen LogP contribution in [0.1, 0.15) is 67.4 Å². The van der Waals surface area contributed by atoms with Crippen molar-refractivity contribution in [3.05, 3.63) is 113 Å². The molecular weight excluding hydrogens is 546 g/mol. The fraction of sp³-hybridized carbons (Fsp3) is 0.324. The number of hydrogen-bond acceptors (Lipinski definition) is 6. The quantitative estimate of drug-likeness (QED) is 0.265. The van der Waals surface area contributed by atoms with E-state index in [9.17, 15) is 9.59 Å². The molecule has 2 aromatic heterocycles. The number of esters is 1. The van der Waals surface area contributed by atoms with Crippen molar-refractivity contribution in [2.24, 2.45) is 4.99 Å². The summed E-state index contributed by atoms with van der Waals surface area (Å²) in [5.74, 6) is 0.247.